The first-order chi connectivity index (χ1) is 5.70. The Morgan fingerprint density at radius 2 is 2.00 bits per heavy atom. The predicted molar refractivity (Wildman–Crippen MR) is 51.6 cm³/mol. The standard InChI is InChI=1S/C9H10O2S/c10-9(11)6-8(12)7-4-2-1-3-5-7/h1-5,8,12H,6H2,(H,10,11)/p+1. The third-order valence-corrected chi connectivity index (χ3v) is 2.12. The van der Waals surface area contributed by atoms with E-state index in [4.69, 9.17) is 5.11 Å². The average Bonchev–Trinajstić information content (AvgIpc) is 2.05. The van der Waals surface area contributed by atoms with Gasteiger partial charge >= 0.3 is 5.97 Å². The van der Waals surface area contributed by atoms with Gasteiger partial charge in [-0.1, -0.05) is 30.3 Å². The van der Waals surface area contributed by atoms with Crippen LogP contribution < -0.4 is 0 Å². The van der Waals surface area contributed by atoms with Crippen LogP contribution >= 0.6 is 0 Å². The molecule has 1 atom stereocenters. The summed E-state index contributed by atoms with van der Waals surface area (Å²) in [5, 5.41) is 8.42. The zero-order valence-electron chi connectivity index (χ0n) is 6.53. The van der Waals surface area contributed by atoms with Crippen molar-refractivity contribution in [2.45, 2.75) is 11.7 Å². The van der Waals surface area contributed by atoms with Crippen LogP contribution in [0.25, 0.3) is 0 Å². The lowest BCUT2D eigenvalue weighted by atomic mass is 10.1. The quantitative estimate of drug-likeness (QED) is 0.715. The SMILES string of the molecule is O=C(O)CC([SH2+])c1ccccc1. The molecule has 12 heavy (non-hydrogen) atoms. The van der Waals surface area contributed by atoms with Crippen molar-refractivity contribution in [1.29, 1.82) is 0 Å². The van der Waals surface area contributed by atoms with E-state index in [2.05, 4.69) is 12.6 Å². The van der Waals surface area contributed by atoms with E-state index in [-0.39, 0.29) is 11.7 Å². The number of benzene rings is 1. The van der Waals surface area contributed by atoms with E-state index >= 15 is 0 Å². The van der Waals surface area contributed by atoms with Gasteiger partial charge in [0.25, 0.3) is 0 Å². The second-order valence-corrected chi connectivity index (χ2v) is 3.26. The molecular weight excluding hydrogens is 172 g/mol. The molecule has 64 valence electrons. The summed E-state index contributed by atoms with van der Waals surface area (Å²) in [6.45, 7) is 0. The zero-order valence-corrected chi connectivity index (χ0v) is 7.53. The summed E-state index contributed by atoms with van der Waals surface area (Å²) in [5.74, 6) is -0.793. The number of rotatable bonds is 3. The summed E-state index contributed by atoms with van der Waals surface area (Å²) >= 11 is 3.36. The Labute approximate surface area is 76.6 Å². The molecule has 1 aromatic rings. The van der Waals surface area contributed by atoms with Gasteiger partial charge in [-0.25, -0.2) is 0 Å². The van der Waals surface area contributed by atoms with E-state index in [1.54, 1.807) is 0 Å². The fraction of sp³-hybridized carbons (Fsp3) is 0.222. The monoisotopic (exact) mass is 183 g/mol. The van der Waals surface area contributed by atoms with Gasteiger partial charge in [0.2, 0.25) is 0 Å². The van der Waals surface area contributed by atoms with E-state index in [0.717, 1.165) is 5.56 Å². The summed E-state index contributed by atoms with van der Waals surface area (Å²) in [6.07, 6.45) is 0.112. The normalized spacial score (nSPS) is 12.4. The van der Waals surface area contributed by atoms with Crippen LogP contribution in [0.3, 0.4) is 0 Å². The molecular formula is C9H11O2S+. The van der Waals surface area contributed by atoms with Gasteiger partial charge in [0.1, 0.15) is 5.25 Å². The van der Waals surface area contributed by atoms with Crippen molar-refractivity contribution in [3.63, 3.8) is 0 Å². The van der Waals surface area contributed by atoms with Crippen molar-refractivity contribution < 1.29 is 9.90 Å². The summed E-state index contributed by atoms with van der Waals surface area (Å²) in [5.41, 5.74) is 0.997. The number of hydrogen-bond acceptors (Lipinski definition) is 1. The van der Waals surface area contributed by atoms with Crippen molar-refractivity contribution in [3.8, 4) is 0 Å². The molecule has 1 unspecified atom stereocenters. The maximum absolute atomic E-state index is 10.4. The van der Waals surface area contributed by atoms with Crippen molar-refractivity contribution in [2.24, 2.45) is 0 Å². The van der Waals surface area contributed by atoms with Crippen LogP contribution in [0, 0.1) is 0 Å². The highest BCUT2D eigenvalue weighted by molar-refractivity contribution is 7.59. The van der Waals surface area contributed by atoms with E-state index in [1.165, 1.54) is 0 Å². The van der Waals surface area contributed by atoms with E-state index in [9.17, 15) is 4.79 Å². The topological polar surface area (TPSA) is 37.3 Å². The smallest absolute Gasteiger partial charge is 0.308 e. The van der Waals surface area contributed by atoms with Gasteiger partial charge in [-0.3, -0.25) is 4.79 Å². The highest BCUT2D eigenvalue weighted by atomic mass is 32.1. The summed E-state index contributed by atoms with van der Waals surface area (Å²) < 4.78 is 0. The molecule has 0 saturated heterocycles. The molecule has 0 amide bonds. The Bertz CT molecular complexity index is 258. The van der Waals surface area contributed by atoms with Crippen LogP contribution in [0.2, 0.25) is 0 Å². The molecule has 0 bridgehead atoms. The highest BCUT2D eigenvalue weighted by Crippen LogP contribution is 2.16. The molecule has 0 fully saturated rings. The molecule has 3 heteroatoms. The minimum atomic E-state index is -0.793. The molecule has 1 N–H and O–H groups in total. The first-order valence-corrected chi connectivity index (χ1v) is 4.25. The molecule has 0 aliphatic rings. The van der Waals surface area contributed by atoms with Crippen molar-refractivity contribution >= 4 is 18.6 Å². The van der Waals surface area contributed by atoms with Gasteiger partial charge in [0, 0.05) is 5.56 Å². The molecule has 0 heterocycles. The van der Waals surface area contributed by atoms with Crippen LogP contribution in [0.5, 0.6) is 0 Å². The lowest BCUT2D eigenvalue weighted by Gasteiger charge is -2.01. The fourth-order valence-corrected chi connectivity index (χ4v) is 1.34. The van der Waals surface area contributed by atoms with Gasteiger partial charge in [0.15, 0.2) is 0 Å². The van der Waals surface area contributed by atoms with Gasteiger partial charge in [-0.15, -0.1) is 0 Å². The molecule has 0 saturated carbocycles. The molecule has 0 aliphatic carbocycles. The minimum absolute atomic E-state index is 0.0938. The largest absolute Gasteiger partial charge is 0.481 e. The lowest BCUT2D eigenvalue weighted by Crippen LogP contribution is -2.02. The second kappa shape index (κ2) is 4.16. The van der Waals surface area contributed by atoms with Crippen LogP contribution in [0.4, 0.5) is 0 Å². The summed E-state index contributed by atoms with van der Waals surface area (Å²) in [4.78, 5) is 10.4. The van der Waals surface area contributed by atoms with Crippen LogP contribution in [-0.4, -0.2) is 11.1 Å². The molecule has 0 spiro atoms. The number of carbonyl (C=O) groups is 1. The van der Waals surface area contributed by atoms with Crippen molar-refractivity contribution in [2.75, 3.05) is 0 Å². The number of aliphatic carboxylic acids is 1. The number of hydrogen-bond donors (Lipinski definition) is 1. The maximum atomic E-state index is 10.4. The maximum Gasteiger partial charge on any atom is 0.308 e. The van der Waals surface area contributed by atoms with Crippen LogP contribution in [0.15, 0.2) is 30.3 Å². The predicted octanol–water partition coefficient (Wildman–Crippen LogP) is 1.21. The zero-order chi connectivity index (χ0) is 8.97. The Hall–Kier alpha value is -0.960. The molecule has 2 nitrogen and oxygen atoms in total. The molecule has 1 rings (SSSR count). The minimum Gasteiger partial charge on any atom is -0.481 e. The molecule has 0 radical (unpaired) electrons. The third kappa shape index (κ3) is 2.58. The first-order valence-electron chi connectivity index (χ1n) is 3.68. The average molecular weight is 183 g/mol. The first kappa shape index (κ1) is 9.13. The molecule has 0 aromatic heterocycles. The fourth-order valence-electron chi connectivity index (χ4n) is 0.978. The number of carboxylic acid groups (broad SMARTS) is 1. The Kier molecular flexibility index (Phi) is 3.17. The van der Waals surface area contributed by atoms with Crippen molar-refractivity contribution in [1.82, 2.24) is 0 Å². The number of carboxylic acids is 1. The van der Waals surface area contributed by atoms with E-state index in [1.807, 2.05) is 30.3 Å². The van der Waals surface area contributed by atoms with E-state index in [0.29, 0.717) is 0 Å². The molecule has 0 aliphatic heterocycles. The highest BCUT2D eigenvalue weighted by Gasteiger charge is 2.14. The summed E-state index contributed by atoms with van der Waals surface area (Å²) in [7, 11) is 0. The second-order valence-electron chi connectivity index (χ2n) is 2.56. The Morgan fingerprint density at radius 3 is 2.50 bits per heavy atom. The Balaban J connectivity index is 2.65. The van der Waals surface area contributed by atoms with Gasteiger partial charge < -0.3 is 5.11 Å². The lowest BCUT2D eigenvalue weighted by molar-refractivity contribution is -0.137. The Morgan fingerprint density at radius 1 is 1.42 bits per heavy atom. The van der Waals surface area contributed by atoms with Gasteiger partial charge in [-0.2, -0.15) is 0 Å². The van der Waals surface area contributed by atoms with Gasteiger partial charge in [-0.05, 0) is 12.6 Å². The third-order valence-electron chi connectivity index (χ3n) is 1.58. The van der Waals surface area contributed by atoms with Crippen LogP contribution in [-0.2, 0) is 17.4 Å². The van der Waals surface area contributed by atoms with E-state index < -0.39 is 5.97 Å². The van der Waals surface area contributed by atoms with Crippen LogP contribution in [0.1, 0.15) is 17.2 Å². The summed E-state index contributed by atoms with van der Waals surface area (Å²) in [6, 6.07) is 9.50. The van der Waals surface area contributed by atoms with Gasteiger partial charge in [0.05, 0.1) is 6.42 Å². The van der Waals surface area contributed by atoms with Crippen molar-refractivity contribution in [3.05, 3.63) is 35.9 Å². The molecule has 1 aromatic carbocycles.